The van der Waals surface area contributed by atoms with Gasteiger partial charge in [0.05, 0.1) is 5.69 Å². The van der Waals surface area contributed by atoms with Gasteiger partial charge in [0.15, 0.2) is 0 Å². The fraction of sp³-hybridized carbons (Fsp3) is 0.417. The average Bonchev–Trinajstić information content (AvgIpc) is 2.75. The van der Waals surface area contributed by atoms with E-state index in [0.717, 1.165) is 36.8 Å². The third-order valence-electron chi connectivity index (χ3n) is 2.56. The Morgan fingerprint density at radius 2 is 2.00 bits per heavy atom. The van der Waals surface area contributed by atoms with Crippen LogP contribution in [0.1, 0.15) is 12.6 Å². The van der Waals surface area contributed by atoms with Crippen LogP contribution in [0.4, 0.5) is 17.6 Å². The first kappa shape index (κ1) is 13.1. The highest BCUT2D eigenvalue weighted by Crippen LogP contribution is 2.12. The summed E-state index contributed by atoms with van der Waals surface area (Å²) in [4.78, 5) is 8.24. The number of anilines is 3. The van der Waals surface area contributed by atoms with Crippen molar-refractivity contribution in [1.29, 1.82) is 0 Å². The van der Waals surface area contributed by atoms with E-state index in [1.54, 1.807) is 4.68 Å². The Hall–Kier alpha value is -2.31. The predicted molar refractivity (Wildman–Crippen MR) is 76.0 cm³/mol. The summed E-state index contributed by atoms with van der Waals surface area (Å²) in [5, 5.41) is 10.6. The van der Waals surface area contributed by atoms with Crippen LogP contribution in [0, 0.1) is 0 Å². The van der Waals surface area contributed by atoms with Crippen molar-refractivity contribution in [2.24, 2.45) is 7.05 Å². The molecule has 0 aliphatic carbocycles. The van der Waals surface area contributed by atoms with E-state index in [1.165, 1.54) is 0 Å². The van der Waals surface area contributed by atoms with Gasteiger partial charge in [-0.2, -0.15) is 15.1 Å². The first-order valence-corrected chi connectivity index (χ1v) is 6.28. The van der Waals surface area contributed by atoms with Crippen LogP contribution >= 0.6 is 0 Å². The number of nitrogens with two attached hydrogens (primary N) is 1. The molecule has 2 aromatic heterocycles. The Morgan fingerprint density at radius 3 is 2.63 bits per heavy atom. The van der Waals surface area contributed by atoms with E-state index >= 15 is 0 Å². The van der Waals surface area contributed by atoms with E-state index < -0.39 is 0 Å². The maximum Gasteiger partial charge on any atom is 0.223 e. The SMILES string of the molecule is CCNc1cc(NCCc2ccn(C)n2)nc(N)n1. The molecule has 0 fully saturated rings. The second-order valence-electron chi connectivity index (χ2n) is 4.18. The van der Waals surface area contributed by atoms with Gasteiger partial charge in [0.25, 0.3) is 0 Å². The Balaban J connectivity index is 1.91. The van der Waals surface area contributed by atoms with Gasteiger partial charge in [-0.25, -0.2) is 0 Å². The van der Waals surface area contributed by atoms with Crippen molar-refractivity contribution in [3.8, 4) is 0 Å². The number of hydrogen-bond donors (Lipinski definition) is 3. The lowest BCUT2D eigenvalue weighted by Gasteiger charge is -2.08. The zero-order valence-electron chi connectivity index (χ0n) is 11.2. The molecule has 0 aliphatic heterocycles. The van der Waals surface area contributed by atoms with Crippen molar-refractivity contribution >= 4 is 17.6 Å². The van der Waals surface area contributed by atoms with E-state index in [2.05, 4.69) is 25.7 Å². The molecule has 0 saturated heterocycles. The Bertz CT molecular complexity index is 535. The Labute approximate surface area is 112 Å². The Kier molecular flexibility index (Phi) is 4.17. The summed E-state index contributed by atoms with van der Waals surface area (Å²) in [6, 6.07) is 3.85. The highest BCUT2D eigenvalue weighted by atomic mass is 15.2. The summed E-state index contributed by atoms with van der Waals surface area (Å²) in [6.45, 7) is 3.55. The van der Waals surface area contributed by atoms with Gasteiger partial charge < -0.3 is 16.4 Å². The summed E-state index contributed by atoms with van der Waals surface area (Å²) in [5.74, 6) is 1.72. The molecular weight excluding hydrogens is 242 g/mol. The Morgan fingerprint density at radius 1 is 1.26 bits per heavy atom. The molecule has 0 unspecified atom stereocenters. The summed E-state index contributed by atoms with van der Waals surface area (Å²) in [6.07, 6.45) is 2.77. The number of hydrogen-bond acceptors (Lipinski definition) is 6. The topological polar surface area (TPSA) is 93.7 Å². The van der Waals surface area contributed by atoms with Crippen LogP contribution in [0.2, 0.25) is 0 Å². The molecule has 0 spiro atoms. The molecule has 0 saturated carbocycles. The number of nitrogen functional groups attached to an aromatic ring is 1. The fourth-order valence-corrected chi connectivity index (χ4v) is 1.74. The minimum atomic E-state index is 0.263. The molecule has 7 nitrogen and oxygen atoms in total. The smallest absolute Gasteiger partial charge is 0.223 e. The summed E-state index contributed by atoms with van der Waals surface area (Å²) >= 11 is 0. The largest absolute Gasteiger partial charge is 0.370 e. The molecule has 0 amide bonds. The minimum Gasteiger partial charge on any atom is -0.370 e. The lowest BCUT2D eigenvalue weighted by molar-refractivity contribution is 0.742. The second-order valence-corrected chi connectivity index (χ2v) is 4.18. The van der Waals surface area contributed by atoms with Crippen molar-refractivity contribution in [3.63, 3.8) is 0 Å². The van der Waals surface area contributed by atoms with E-state index in [9.17, 15) is 0 Å². The fourth-order valence-electron chi connectivity index (χ4n) is 1.74. The van der Waals surface area contributed by atoms with E-state index in [4.69, 9.17) is 5.73 Å². The first-order chi connectivity index (χ1) is 9.17. The van der Waals surface area contributed by atoms with Gasteiger partial charge in [-0.1, -0.05) is 0 Å². The van der Waals surface area contributed by atoms with E-state index in [-0.39, 0.29) is 5.95 Å². The summed E-state index contributed by atoms with van der Waals surface area (Å²) < 4.78 is 1.79. The molecule has 4 N–H and O–H groups in total. The van der Waals surface area contributed by atoms with E-state index in [0.29, 0.717) is 0 Å². The summed E-state index contributed by atoms with van der Waals surface area (Å²) in [7, 11) is 1.91. The second kappa shape index (κ2) is 6.03. The number of aromatic nitrogens is 4. The minimum absolute atomic E-state index is 0.263. The van der Waals surface area contributed by atoms with Gasteiger partial charge in [0.2, 0.25) is 5.95 Å². The van der Waals surface area contributed by atoms with Crippen LogP contribution in [0.5, 0.6) is 0 Å². The highest BCUT2D eigenvalue weighted by Gasteiger charge is 2.02. The van der Waals surface area contributed by atoms with Crippen LogP contribution in [0.25, 0.3) is 0 Å². The van der Waals surface area contributed by atoms with E-state index in [1.807, 2.05) is 32.3 Å². The quantitative estimate of drug-likeness (QED) is 0.714. The highest BCUT2D eigenvalue weighted by molar-refractivity contribution is 5.50. The maximum atomic E-state index is 5.66. The molecule has 0 aliphatic rings. The molecular formula is C12H19N7. The third-order valence-corrected chi connectivity index (χ3v) is 2.56. The zero-order chi connectivity index (χ0) is 13.7. The van der Waals surface area contributed by atoms with Gasteiger partial charge in [-0.3, -0.25) is 4.68 Å². The zero-order valence-corrected chi connectivity index (χ0v) is 11.2. The molecule has 0 aromatic carbocycles. The monoisotopic (exact) mass is 261 g/mol. The average molecular weight is 261 g/mol. The van der Waals surface area contributed by atoms with Crippen LogP contribution in [-0.4, -0.2) is 32.8 Å². The van der Waals surface area contributed by atoms with Crippen molar-refractivity contribution in [1.82, 2.24) is 19.7 Å². The first-order valence-electron chi connectivity index (χ1n) is 6.28. The maximum absolute atomic E-state index is 5.66. The van der Waals surface area contributed by atoms with Crippen molar-refractivity contribution in [2.75, 3.05) is 29.5 Å². The molecule has 2 rings (SSSR count). The predicted octanol–water partition coefficient (Wildman–Crippen LogP) is 0.879. The molecule has 0 radical (unpaired) electrons. The van der Waals surface area contributed by atoms with Gasteiger partial charge in [-0.15, -0.1) is 0 Å². The number of nitrogens with zero attached hydrogens (tertiary/aromatic N) is 4. The molecule has 7 heteroatoms. The van der Waals surface area contributed by atoms with Crippen molar-refractivity contribution in [3.05, 3.63) is 24.0 Å². The third kappa shape index (κ3) is 3.84. The van der Waals surface area contributed by atoms with Crippen LogP contribution in [0.15, 0.2) is 18.3 Å². The molecule has 0 atom stereocenters. The van der Waals surface area contributed by atoms with Gasteiger partial charge >= 0.3 is 0 Å². The number of rotatable bonds is 6. The lowest BCUT2D eigenvalue weighted by atomic mass is 10.3. The molecule has 19 heavy (non-hydrogen) atoms. The van der Waals surface area contributed by atoms with Crippen molar-refractivity contribution in [2.45, 2.75) is 13.3 Å². The van der Waals surface area contributed by atoms with Gasteiger partial charge in [0.1, 0.15) is 11.6 Å². The molecule has 2 heterocycles. The molecule has 2 aromatic rings. The van der Waals surface area contributed by atoms with Gasteiger partial charge in [-0.05, 0) is 13.0 Å². The summed E-state index contributed by atoms with van der Waals surface area (Å²) in [5.41, 5.74) is 6.70. The lowest BCUT2D eigenvalue weighted by Crippen LogP contribution is -2.10. The molecule has 102 valence electrons. The van der Waals surface area contributed by atoms with Gasteiger partial charge in [0, 0.05) is 38.8 Å². The van der Waals surface area contributed by atoms with Crippen LogP contribution in [0.3, 0.4) is 0 Å². The number of nitrogens with one attached hydrogen (secondary N) is 2. The van der Waals surface area contributed by atoms with Crippen molar-refractivity contribution < 1.29 is 0 Å². The number of aryl methyl sites for hydroxylation is 1. The van der Waals surface area contributed by atoms with Crippen LogP contribution in [-0.2, 0) is 13.5 Å². The standard InChI is InChI=1S/C12H19N7/c1-3-14-10-8-11(17-12(13)16-10)15-6-4-9-5-7-19(2)18-9/h5,7-8H,3-4,6H2,1-2H3,(H4,13,14,15,16,17). The molecule has 0 bridgehead atoms. The normalized spacial score (nSPS) is 10.4. The van der Waals surface area contributed by atoms with Crippen LogP contribution < -0.4 is 16.4 Å².